The Kier molecular flexibility index (Phi) is 6.42. The lowest BCUT2D eigenvalue weighted by Crippen LogP contribution is -2.37. The van der Waals surface area contributed by atoms with Gasteiger partial charge in [0.15, 0.2) is 12.3 Å². The van der Waals surface area contributed by atoms with Crippen molar-refractivity contribution in [3.63, 3.8) is 0 Å². The highest BCUT2D eigenvalue weighted by Gasteiger charge is 2.32. The number of benzene rings is 2. The molecule has 0 bridgehead atoms. The summed E-state index contributed by atoms with van der Waals surface area (Å²) in [5.41, 5.74) is 0.939. The Morgan fingerprint density at radius 3 is 2.61 bits per heavy atom. The Morgan fingerprint density at radius 2 is 1.86 bits per heavy atom. The Hall–Kier alpha value is -4.19. The van der Waals surface area contributed by atoms with E-state index in [-0.39, 0.29) is 11.6 Å². The van der Waals surface area contributed by atoms with Gasteiger partial charge in [-0.2, -0.15) is 18.3 Å². The van der Waals surface area contributed by atoms with Crippen LogP contribution in [0.4, 0.5) is 24.5 Å². The third-order valence-corrected chi connectivity index (χ3v) is 5.62. The monoisotopic (exact) mass is 498 g/mol. The number of amides is 1. The number of aromatic nitrogens is 4. The maximum Gasteiger partial charge on any atom is 0.416 e. The summed E-state index contributed by atoms with van der Waals surface area (Å²) in [6.07, 6.45) is -1.73. The zero-order valence-corrected chi connectivity index (χ0v) is 18.9. The SMILES string of the molecule is O=C(COc1ncnc2c1cnn2-c1ccccc1)Nc1cc(C(F)(F)F)ccc1N1CCOCC1. The van der Waals surface area contributed by atoms with Crippen LogP contribution in [0, 0.1) is 0 Å². The van der Waals surface area contributed by atoms with Gasteiger partial charge in [0, 0.05) is 13.1 Å². The number of carbonyl (C=O) groups excluding carboxylic acids is 1. The first-order valence-corrected chi connectivity index (χ1v) is 11.1. The molecular weight excluding hydrogens is 477 g/mol. The van der Waals surface area contributed by atoms with Crippen LogP contribution in [0.3, 0.4) is 0 Å². The fraction of sp³-hybridized carbons (Fsp3) is 0.250. The second kappa shape index (κ2) is 9.82. The van der Waals surface area contributed by atoms with Gasteiger partial charge < -0.3 is 19.7 Å². The molecule has 5 rings (SSSR count). The first-order chi connectivity index (χ1) is 17.4. The van der Waals surface area contributed by atoms with Crippen molar-refractivity contribution in [2.45, 2.75) is 6.18 Å². The zero-order valence-electron chi connectivity index (χ0n) is 18.9. The standard InChI is InChI=1S/C24H21F3N6O3/c25-24(26,27)16-6-7-20(32-8-10-35-11-9-32)19(12-16)31-21(34)14-36-23-18-13-30-33(22(18)28-15-29-23)17-4-2-1-3-5-17/h1-7,12-13,15H,8-11,14H2,(H,31,34). The summed E-state index contributed by atoms with van der Waals surface area (Å²) in [5.74, 6) is -0.499. The average Bonchev–Trinajstić information content (AvgIpc) is 3.33. The number of morpholine rings is 1. The predicted molar refractivity (Wildman–Crippen MR) is 125 cm³/mol. The quantitative estimate of drug-likeness (QED) is 0.433. The normalized spacial score (nSPS) is 14.1. The molecule has 3 heterocycles. The van der Waals surface area contributed by atoms with Crippen LogP contribution < -0.4 is 15.0 Å². The second-order valence-corrected chi connectivity index (χ2v) is 7.97. The van der Waals surface area contributed by atoms with Gasteiger partial charge in [-0.1, -0.05) is 18.2 Å². The summed E-state index contributed by atoms with van der Waals surface area (Å²) in [4.78, 5) is 22.9. The van der Waals surface area contributed by atoms with E-state index in [1.54, 1.807) is 4.68 Å². The highest BCUT2D eigenvalue weighted by atomic mass is 19.4. The van der Waals surface area contributed by atoms with Gasteiger partial charge in [-0.15, -0.1) is 0 Å². The molecule has 0 atom stereocenters. The van der Waals surface area contributed by atoms with E-state index in [0.29, 0.717) is 43.0 Å². The molecule has 1 amide bonds. The number of nitrogens with zero attached hydrogens (tertiary/aromatic N) is 5. The minimum atomic E-state index is -4.55. The molecule has 4 aromatic rings. The minimum absolute atomic E-state index is 0.0463. The third-order valence-electron chi connectivity index (χ3n) is 5.62. The number of anilines is 2. The van der Waals surface area contributed by atoms with E-state index < -0.39 is 24.3 Å². The van der Waals surface area contributed by atoms with Gasteiger partial charge >= 0.3 is 6.18 Å². The molecule has 2 aromatic heterocycles. The van der Waals surface area contributed by atoms with Crippen LogP contribution >= 0.6 is 0 Å². The molecule has 0 unspecified atom stereocenters. The largest absolute Gasteiger partial charge is 0.467 e. The van der Waals surface area contributed by atoms with Crippen molar-refractivity contribution < 1.29 is 27.4 Å². The summed E-state index contributed by atoms with van der Waals surface area (Å²) >= 11 is 0. The Morgan fingerprint density at radius 1 is 1.08 bits per heavy atom. The van der Waals surface area contributed by atoms with Gasteiger partial charge in [0.1, 0.15) is 11.7 Å². The van der Waals surface area contributed by atoms with Crippen molar-refractivity contribution in [1.82, 2.24) is 19.7 Å². The molecule has 1 aliphatic rings. The van der Waals surface area contributed by atoms with Gasteiger partial charge in [0.05, 0.1) is 42.0 Å². The number of hydrogen-bond donors (Lipinski definition) is 1. The van der Waals surface area contributed by atoms with E-state index in [9.17, 15) is 18.0 Å². The number of ether oxygens (including phenoxy) is 2. The number of fused-ring (bicyclic) bond motifs is 1. The van der Waals surface area contributed by atoms with Gasteiger partial charge in [0.25, 0.3) is 5.91 Å². The van der Waals surface area contributed by atoms with Crippen LogP contribution in [-0.2, 0) is 15.7 Å². The molecule has 1 aliphatic heterocycles. The summed E-state index contributed by atoms with van der Waals surface area (Å²) in [6, 6.07) is 12.6. The third kappa shape index (κ3) is 4.93. The molecule has 186 valence electrons. The van der Waals surface area contributed by atoms with Crippen LogP contribution in [0.1, 0.15) is 5.56 Å². The van der Waals surface area contributed by atoms with Crippen LogP contribution in [-0.4, -0.2) is 58.6 Å². The van der Waals surface area contributed by atoms with Crippen molar-refractivity contribution in [3.05, 3.63) is 66.6 Å². The number of carbonyl (C=O) groups is 1. The first-order valence-electron chi connectivity index (χ1n) is 11.1. The molecule has 0 radical (unpaired) electrons. The zero-order chi connectivity index (χ0) is 25.1. The minimum Gasteiger partial charge on any atom is -0.467 e. The van der Waals surface area contributed by atoms with Gasteiger partial charge in [-0.25, -0.2) is 14.6 Å². The molecule has 1 N–H and O–H groups in total. The summed E-state index contributed by atoms with van der Waals surface area (Å²) in [7, 11) is 0. The Bertz CT molecular complexity index is 1370. The number of hydrogen-bond acceptors (Lipinski definition) is 7. The van der Waals surface area contributed by atoms with Crippen molar-refractivity contribution in [3.8, 4) is 11.6 Å². The number of nitrogens with one attached hydrogen (secondary N) is 1. The topological polar surface area (TPSA) is 94.4 Å². The molecule has 2 aromatic carbocycles. The Labute approximate surface area is 203 Å². The lowest BCUT2D eigenvalue weighted by atomic mass is 10.1. The lowest BCUT2D eigenvalue weighted by Gasteiger charge is -2.31. The van der Waals surface area contributed by atoms with Crippen LogP contribution in [0.15, 0.2) is 61.1 Å². The molecule has 12 heteroatoms. The van der Waals surface area contributed by atoms with Crippen LogP contribution in [0.5, 0.6) is 5.88 Å². The molecule has 0 aliphatic carbocycles. The maximum absolute atomic E-state index is 13.3. The highest BCUT2D eigenvalue weighted by molar-refractivity contribution is 5.95. The van der Waals surface area contributed by atoms with Crippen molar-refractivity contribution in [1.29, 1.82) is 0 Å². The number of para-hydroxylation sites is 1. The molecule has 1 saturated heterocycles. The first kappa shape index (κ1) is 23.5. The fourth-order valence-electron chi connectivity index (χ4n) is 3.91. The predicted octanol–water partition coefficient (Wildman–Crippen LogP) is 3.69. The summed E-state index contributed by atoms with van der Waals surface area (Å²) in [5, 5.41) is 7.38. The van der Waals surface area contributed by atoms with E-state index in [0.717, 1.165) is 17.8 Å². The van der Waals surface area contributed by atoms with Crippen LogP contribution in [0.2, 0.25) is 0 Å². The highest BCUT2D eigenvalue weighted by Crippen LogP contribution is 2.36. The van der Waals surface area contributed by atoms with E-state index >= 15 is 0 Å². The van der Waals surface area contributed by atoms with E-state index in [2.05, 4.69) is 20.4 Å². The molecule has 0 saturated carbocycles. The number of halogens is 3. The van der Waals surface area contributed by atoms with E-state index in [4.69, 9.17) is 9.47 Å². The number of rotatable bonds is 6. The van der Waals surface area contributed by atoms with Gasteiger partial charge in [0.2, 0.25) is 5.88 Å². The smallest absolute Gasteiger partial charge is 0.416 e. The molecule has 36 heavy (non-hydrogen) atoms. The molecule has 9 nitrogen and oxygen atoms in total. The van der Waals surface area contributed by atoms with Gasteiger partial charge in [-0.3, -0.25) is 4.79 Å². The van der Waals surface area contributed by atoms with Crippen molar-refractivity contribution in [2.75, 3.05) is 43.1 Å². The van der Waals surface area contributed by atoms with Gasteiger partial charge in [-0.05, 0) is 30.3 Å². The maximum atomic E-state index is 13.3. The van der Waals surface area contributed by atoms with E-state index in [1.165, 1.54) is 18.6 Å². The second-order valence-electron chi connectivity index (χ2n) is 7.97. The summed E-state index contributed by atoms with van der Waals surface area (Å²) < 4.78 is 52.5. The van der Waals surface area contributed by atoms with Crippen LogP contribution in [0.25, 0.3) is 16.7 Å². The summed E-state index contributed by atoms with van der Waals surface area (Å²) in [6.45, 7) is 1.40. The van der Waals surface area contributed by atoms with Crippen molar-refractivity contribution >= 4 is 28.3 Å². The molecule has 0 spiro atoms. The van der Waals surface area contributed by atoms with E-state index in [1.807, 2.05) is 35.2 Å². The Balaban J connectivity index is 1.35. The average molecular weight is 498 g/mol. The molecular formula is C24H21F3N6O3. The van der Waals surface area contributed by atoms with Crippen molar-refractivity contribution in [2.24, 2.45) is 0 Å². The lowest BCUT2D eigenvalue weighted by molar-refractivity contribution is -0.137. The fourth-order valence-corrected chi connectivity index (χ4v) is 3.91. The molecule has 1 fully saturated rings. The number of alkyl halides is 3.